The highest BCUT2D eigenvalue weighted by molar-refractivity contribution is 6.24. The summed E-state index contributed by atoms with van der Waals surface area (Å²) in [5.74, 6) is 0.509. The summed E-state index contributed by atoms with van der Waals surface area (Å²) in [5, 5.41) is 17.5. The molecule has 2 unspecified atom stereocenters. The van der Waals surface area contributed by atoms with Crippen LogP contribution in [-0.2, 0) is 6.42 Å². The number of rotatable bonds is 8. The first-order valence-electron chi connectivity index (χ1n) is 28.4. The van der Waals surface area contributed by atoms with Crippen LogP contribution in [0.25, 0.3) is 131 Å². The van der Waals surface area contributed by atoms with Gasteiger partial charge < -0.3 is 4.90 Å². The van der Waals surface area contributed by atoms with Gasteiger partial charge in [-0.3, -0.25) is 0 Å². The van der Waals surface area contributed by atoms with Crippen LogP contribution in [0.2, 0.25) is 0 Å². The Morgan fingerprint density at radius 2 is 0.750 bits per heavy atom. The Morgan fingerprint density at radius 3 is 1.34 bits per heavy atom. The van der Waals surface area contributed by atoms with Crippen LogP contribution in [0, 0.1) is 5.92 Å². The lowest BCUT2D eigenvalue weighted by atomic mass is 9.83. The van der Waals surface area contributed by atoms with E-state index in [2.05, 4.69) is 290 Å². The molecular weight excluding hydrogens is 963 g/mol. The molecule has 0 saturated heterocycles. The largest absolute Gasteiger partial charge is 0.363 e. The molecule has 0 N–H and O–H groups in total. The van der Waals surface area contributed by atoms with Gasteiger partial charge in [-0.25, -0.2) is 0 Å². The number of nitrogens with zero attached hydrogens (tertiary/aromatic N) is 1. The third-order valence-corrected chi connectivity index (χ3v) is 17.6. The zero-order valence-corrected chi connectivity index (χ0v) is 44.4. The Morgan fingerprint density at radius 1 is 0.312 bits per heavy atom. The summed E-state index contributed by atoms with van der Waals surface area (Å²) >= 11 is 0. The van der Waals surface area contributed by atoms with E-state index in [9.17, 15) is 0 Å². The normalized spacial score (nSPS) is 15.1. The lowest BCUT2D eigenvalue weighted by molar-refractivity contribution is 0.569. The Bertz CT molecular complexity index is 4840. The van der Waals surface area contributed by atoms with Gasteiger partial charge in [-0.2, -0.15) is 0 Å². The second kappa shape index (κ2) is 19.0. The van der Waals surface area contributed by atoms with Crippen molar-refractivity contribution < 1.29 is 0 Å². The molecule has 2 atom stereocenters. The highest BCUT2D eigenvalue weighted by Gasteiger charge is 2.32. The standard InChI is InChI=1S/C79H55N/c1-2-17-51(18-3-1)50-80-74-32-15-8-23-60(74)49-75(80)61-37-35-58-47-64(40-36-57(58)43-61)77-68-28-11-9-26-66(68)76(67-27-10-12-29-69(67)77)62-25-16-24-56(46-62)59-41-42-72-73(48-59)79(65-39-34-53-20-5-7-22-55(53)45-65)71-31-14-13-30-70(71)78(72)63-38-33-52-19-4-6-21-54(52)44-63/h1-17,19-48,51,75H,18,49-50H2. The van der Waals surface area contributed by atoms with Crippen molar-refractivity contribution in [3.8, 4) is 55.6 Å². The van der Waals surface area contributed by atoms with Crippen molar-refractivity contribution in [2.45, 2.75) is 18.9 Å². The van der Waals surface area contributed by atoms with Gasteiger partial charge in [-0.15, -0.1) is 0 Å². The molecule has 1 aliphatic carbocycles. The van der Waals surface area contributed by atoms with E-state index in [4.69, 9.17) is 0 Å². The van der Waals surface area contributed by atoms with Crippen molar-refractivity contribution in [2.24, 2.45) is 5.92 Å². The number of hydrogen-bond acceptors (Lipinski definition) is 1. The van der Waals surface area contributed by atoms with E-state index in [1.54, 1.807) is 0 Å². The molecule has 0 radical (unpaired) electrons. The van der Waals surface area contributed by atoms with E-state index in [0.29, 0.717) is 12.0 Å². The summed E-state index contributed by atoms with van der Waals surface area (Å²) in [7, 11) is 0. The van der Waals surface area contributed by atoms with Crippen LogP contribution in [0.4, 0.5) is 5.69 Å². The minimum atomic E-state index is 0.304. The number of anilines is 1. The monoisotopic (exact) mass is 1020 g/mol. The first kappa shape index (κ1) is 46.3. The van der Waals surface area contributed by atoms with E-state index < -0.39 is 0 Å². The number of hydrogen-bond donors (Lipinski definition) is 0. The molecule has 2 aliphatic rings. The number of allylic oxidation sites excluding steroid dienone is 3. The molecule has 16 rings (SSSR count). The Kier molecular flexibility index (Phi) is 11.0. The number of fused-ring (bicyclic) bond motifs is 8. The van der Waals surface area contributed by atoms with E-state index >= 15 is 0 Å². The van der Waals surface area contributed by atoms with Gasteiger partial charge in [-0.05, 0) is 203 Å². The van der Waals surface area contributed by atoms with Crippen LogP contribution in [-0.4, -0.2) is 6.54 Å². The van der Waals surface area contributed by atoms with Gasteiger partial charge in [0.15, 0.2) is 0 Å². The third-order valence-electron chi connectivity index (χ3n) is 17.6. The van der Waals surface area contributed by atoms with Crippen LogP contribution >= 0.6 is 0 Å². The van der Waals surface area contributed by atoms with E-state index in [1.165, 1.54) is 148 Å². The predicted molar refractivity (Wildman–Crippen MR) is 343 cm³/mol. The molecule has 80 heavy (non-hydrogen) atoms. The van der Waals surface area contributed by atoms with Gasteiger partial charge in [0.05, 0.1) is 6.04 Å². The molecule has 0 aromatic heterocycles. The number of benzene rings is 14. The van der Waals surface area contributed by atoms with Crippen molar-refractivity contribution in [2.75, 3.05) is 11.4 Å². The third kappa shape index (κ3) is 7.76. The lowest BCUT2D eigenvalue weighted by Crippen LogP contribution is -2.30. The molecule has 0 fully saturated rings. The quantitative estimate of drug-likeness (QED) is 0.137. The highest BCUT2D eigenvalue weighted by atomic mass is 15.2. The van der Waals surface area contributed by atoms with Gasteiger partial charge >= 0.3 is 0 Å². The summed E-state index contributed by atoms with van der Waals surface area (Å²) in [6, 6.07) is 98.7. The summed E-state index contributed by atoms with van der Waals surface area (Å²) in [5.41, 5.74) is 16.5. The average Bonchev–Trinajstić information content (AvgIpc) is 3.95. The van der Waals surface area contributed by atoms with Crippen LogP contribution in [0.5, 0.6) is 0 Å². The molecule has 14 aromatic rings. The molecule has 1 heteroatoms. The van der Waals surface area contributed by atoms with Gasteiger partial charge in [0.25, 0.3) is 0 Å². The molecule has 0 spiro atoms. The SMILES string of the molecule is C1=CCC(CN2c3ccccc3CC2c2ccc3cc(-c4c5ccccc5c(-c5cccc(-c6ccc7c(-c8ccc9ccccc9c8)c8ccccc8c(-c8ccc9ccccc9c8)c7c6)c5)c5ccccc45)ccc3c2)C=C1. The van der Waals surface area contributed by atoms with Crippen LogP contribution < -0.4 is 4.90 Å². The molecule has 1 heterocycles. The lowest BCUT2D eigenvalue weighted by Gasteiger charge is -2.31. The van der Waals surface area contributed by atoms with E-state index in [-0.39, 0.29) is 0 Å². The average molecular weight is 1020 g/mol. The molecule has 376 valence electrons. The second-order valence-corrected chi connectivity index (χ2v) is 22.2. The highest BCUT2D eigenvalue weighted by Crippen LogP contribution is 2.49. The molecule has 1 nitrogen and oxygen atoms in total. The van der Waals surface area contributed by atoms with Crippen molar-refractivity contribution in [1.82, 2.24) is 0 Å². The van der Waals surface area contributed by atoms with Crippen LogP contribution in [0.3, 0.4) is 0 Å². The van der Waals surface area contributed by atoms with Gasteiger partial charge in [0.1, 0.15) is 0 Å². The zero-order valence-electron chi connectivity index (χ0n) is 44.4. The fraction of sp³-hybridized carbons (Fsp3) is 0.0633. The first-order chi connectivity index (χ1) is 39.6. The molecule has 0 bridgehead atoms. The van der Waals surface area contributed by atoms with E-state index in [0.717, 1.165) is 19.4 Å². The molecule has 14 aromatic carbocycles. The molecule has 0 saturated carbocycles. The predicted octanol–water partition coefficient (Wildman–Crippen LogP) is 21.3. The Labute approximate surface area is 466 Å². The molecule has 0 amide bonds. The summed E-state index contributed by atoms with van der Waals surface area (Å²) in [4.78, 5) is 2.67. The zero-order chi connectivity index (χ0) is 52.7. The van der Waals surface area contributed by atoms with Crippen LogP contribution in [0.1, 0.15) is 23.6 Å². The summed E-state index contributed by atoms with van der Waals surface area (Å²) in [6.45, 7) is 1.02. The fourth-order valence-electron chi connectivity index (χ4n) is 13.9. The topological polar surface area (TPSA) is 3.24 Å². The van der Waals surface area contributed by atoms with Gasteiger partial charge in [-0.1, -0.05) is 243 Å². The van der Waals surface area contributed by atoms with Crippen molar-refractivity contribution >= 4 is 81.1 Å². The fourth-order valence-corrected chi connectivity index (χ4v) is 13.9. The maximum absolute atomic E-state index is 2.67. The minimum Gasteiger partial charge on any atom is -0.363 e. The summed E-state index contributed by atoms with van der Waals surface area (Å²) < 4.78 is 0. The van der Waals surface area contributed by atoms with Crippen molar-refractivity contribution in [1.29, 1.82) is 0 Å². The Hall–Kier alpha value is -9.82. The molecule has 1 aliphatic heterocycles. The number of para-hydroxylation sites is 1. The van der Waals surface area contributed by atoms with Gasteiger partial charge in [0, 0.05) is 12.2 Å². The van der Waals surface area contributed by atoms with Crippen molar-refractivity contribution in [3.63, 3.8) is 0 Å². The Balaban J connectivity index is 0.821. The minimum absolute atomic E-state index is 0.304. The maximum atomic E-state index is 2.67. The van der Waals surface area contributed by atoms with Gasteiger partial charge in [0.2, 0.25) is 0 Å². The van der Waals surface area contributed by atoms with E-state index in [1.807, 2.05) is 0 Å². The maximum Gasteiger partial charge on any atom is 0.0584 e. The summed E-state index contributed by atoms with van der Waals surface area (Å²) in [6.07, 6.45) is 11.2. The van der Waals surface area contributed by atoms with Crippen LogP contribution in [0.15, 0.2) is 285 Å². The van der Waals surface area contributed by atoms with Crippen molar-refractivity contribution in [3.05, 3.63) is 296 Å². The second-order valence-electron chi connectivity index (χ2n) is 22.2. The first-order valence-corrected chi connectivity index (χ1v) is 28.4. The smallest absolute Gasteiger partial charge is 0.0584 e. The molecular formula is C79H55N.